The fraction of sp³-hybridized carbons (Fsp3) is 0.364. The zero-order valence-electron chi connectivity index (χ0n) is 11.0. The molecule has 0 bridgehead atoms. The van der Waals surface area contributed by atoms with Gasteiger partial charge in [-0.15, -0.1) is 5.10 Å². The first-order valence-electron chi connectivity index (χ1n) is 6.17. The van der Waals surface area contributed by atoms with Gasteiger partial charge in [-0.1, -0.05) is 6.92 Å². The third-order valence-corrected chi connectivity index (χ3v) is 3.87. The molecule has 0 aliphatic heterocycles. The highest BCUT2D eigenvalue weighted by Gasteiger charge is 2.21. The van der Waals surface area contributed by atoms with Crippen molar-refractivity contribution in [3.05, 3.63) is 30.1 Å². The van der Waals surface area contributed by atoms with Crippen molar-refractivity contribution < 1.29 is 8.42 Å². The van der Waals surface area contributed by atoms with Crippen molar-refractivity contribution >= 4 is 15.8 Å². The summed E-state index contributed by atoms with van der Waals surface area (Å²) in [4.78, 5) is 0. The molecule has 0 atom stereocenters. The van der Waals surface area contributed by atoms with Crippen LogP contribution in [0.5, 0.6) is 0 Å². The Bertz CT molecular complexity index is 640. The van der Waals surface area contributed by atoms with Gasteiger partial charge in [-0.05, 0) is 25.1 Å². The lowest BCUT2D eigenvalue weighted by molar-refractivity contribution is 0.593. The number of H-pyrrole nitrogens is 1. The Morgan fingerprint density at radius 2 is 2.25 bits per heavy atom. The lowest BCUT2D eigenvalue weighted by Crippen LogP contribution is -2.19. The zero-order chi connectivity index (χ0) is 14.4. The first-order valence-corrected chi connectivity index (χ1v) is 7.65. The molecule has 2 rings (SSSR count). The summed E-state index contributed by atoms with van der Waals surface area (Å²) in [5, 5.41) is 16.8. The molecule has 0 aliphatic carbocycles. The average molecular weight is 296 g/mol. The van der Waals surface area contributed by atoms with Gasteiger partial charge in [0.25, 0.3) is 10.0 Å². The molecule has 20 heavy (non-hydrogen) atoms. The van der Waals surface area contributed by atoms with Gasteiger partial charge < -0.3 is 5.32 Å². The van der Waals surface area contributed by atoms with E-state index in [1.54, 1.807) is 6.07 Å². The van der Waals surface area contributed by atoms with Gasteiger partial charge in [0.2, 0.25) is 0 Å². The van der Waals surface area contributed by atoms with Crippen LogP contribution >= 0.6 is 0 Å². The topological polar surface area (TPSA) is 113 Å². The third kappa shape index (κ3) is 3.52. The quantitative estimate of drug-likeness (QED) is 0.641. The molecule has 9 heteroatoms. The Morgan fingerprint density at radius 3 is 2.95 bits per heavy atom. The molecule has 2 aromatic rings. The van der Waals surface area contributed by atoms with E-state index in [2.05, 4.69) is 30.4 Å². The van der Waals surface area contributed by atoms with Crippen LogP contribution in [-0.4, -0.2) is 35.4 Å². The monoisotopic (exact) mass is 296 g/mol. The maximum absolute atomic E-state index is 12.2. The second-order valence-corrected chi connectivity index (χ2v) is 5.73. The molecule has 108 valence electrons. The summed E-state index contributed by atoms with van der Waals surface area (Å²) in [5.74, 6) is 0.162. The van der Waals surface area contributed by atoms with Gasteiger partial charge in [0, 0.05) is 18.3 Å². The van der Waals surface area contributed by atoms with Crippen LogP contribution in [0.15, 0.2) is 29.6 Å². The molecule has 0 aliphatic rings. The smallest absolute Gasteiger partial charge is 0.280 e. The Hall–Kier alpha value is -2.00. The molecule has 0 radical (unpaired) electrons. The summed E-state index contributed by atoms with van der Waals surface area (Å²) in [6.45, 7) is 3.28. The van der Waals surface area contributed by atoms with E-state index in [0.29, 0.717) is 12.1 Å². The van der Waals surface area contributed by atoms with Crippen molar-refractivity contribution in [1.29, 1.82) is 0 Å². The summed E-state index contributed by atoms with van der Waals surface area (Å²) < 4.78 is 26.8. The fourth-order valence-electron chi connectivity index (χ4n) is 1.60. The molecule has 0 saturated carbocycles. The summed E-state index contributed by atoms with van der Waals surface area (Å²) in [5.41, 5.74) is 0.579. The van der Waals surface area contributed by atoms with Gasteiger partial charge in [-0.25, -0.2) is 0 Å². The molecule has 2 aromatic heterocycles. The van der Waals surface area contributed by atoms with Crippen LogP contribution in [0.1, 0.15) is 18.9 Å². The lowest BCUT2D eigenvalue weighted by atomic mass is 10.3. The zero-order valence-corrected chi connectivity index (χ0v) is 11.8. The minimum Gasteiger partial charge on any atom is -0.313 e. The van der Waals surface area contributed by atoms with Crippen molar-refractivity contribution in [2.45, 2.75) is 24.9 Å². The summed E-state index contributed by atoms with van der Waals surface area (Å²) >= 11 is 0. The van der Waals surface area contributed by atoms with E-state index in [1.165, 1.54) is 18.5 Å². The molecule has 8 nitrogen and oxygen atoms in total. The van der Waals surface area contributed by atoms with Gasteiger partial charge in [-0.3, -0.25) is 9.82 Å². The predicted octanol–water partition coefficient (Wildman–Crippen LogP) is 0.500. The van der Waals surface area contributed by atoms with Gasteiger partial charge in [0.05, 0.1) is 6.20 Å². The Labute approximate surface area is 117 Å². The largest absolute Gasteiger partial charge is 0.313 e. The number of nitrogens with one attached hydrogen (secondary N) is 3. The van der Waals surface area contributed by atoms with Gasteiger partial charge in [-0.2, -0.15) is 18.6 Å². The molecule has 2 heterocycles. The van der Waals surface area contributed by atoms with Crippen molar-refractivity contribution in [3.63, 3.8) is 0 Å². The number of aromatic amines is 1. The Morgan fingerprint density at radius 1 is 1.40 bits per heavy atom. The normalized spacial score (nSPS) is 11.4. The predicted molar refractivity (Wildman–Crippen MR) is 73.4 cm³/mol. The lowest BCUT2D eigenvalue weighted by Gasteiger charge is -2.07. The van der Waals surface area contributed by atoms with E-state index < -0.39 is 10.0 Å². The molecule has 0 aromatic carbocycles. The van der Waals surface area contributed by atoms with Crippen molar-refractivity contribution in [2.75, 3.05) is 11.3 Å². The molecular weight excluding hydrogens is 280 g/mol. The van der Waals surface area contributed by atoms with Crippen molar-refractivity contribution in [2.24, 2.45) is 0 Å². The van der Waals surface area contributed by atoms with Crippen LogP contribution in [-0.2, 0) is 16.6 Å². The van der Waals surface area contributed by atoms with E-state index in [-0.39, 0.29) is 10.8 Å². The second-order valence-electron chi connectivity index (χ2n) is 4.12. The van der Waals surface area contributed by atoms with Crippen LogP contribution in [0.25, 0.3) is 0 Å². The molecule has 0 fully saturated rings. The number of nitrogens with zero attached hydrogens (tertiary/aromatic N) is 3. The van der Waals surface area contributed by atoms with Crippen LogP contribution in [0.4, 0.5) is 5.82 Å². The number of hydrogen-bond acceptors (Lipinski definition) is 6. The van der Waals surface area contributed by atoms with Crippen molar-refractivity contribution in [3.8, 4) is 0 Å². The molecule has 0 unspecified atom stereocenters. The molecular formula is C11H16N6O2S. The number of sulfonamides is 1. The first kappa shape index (κ1) is 14.4. The van der Waals surface area contributed by atoms with Gasteiger partial charge in [0.1, 0.15) is 0 Å². The van der Waals surface area contributed by atoms with Crippen molar-refractivity contribution in [1.82, 2.24) is 25.7 Å². The van der Waals surface area contributed by atoms with Gasteiger partial charge >= 0.3 is 0 Å². The molecule has 0 amide bonds. The highest BCUT2D eigenvalue weighted by Crippen LogP contribution is 2.15. The van der Waals surface area contributed by atoms with Gasteiger partial charge in [0.15, 0.2) is 10.8 Å². The summed E-state index contributed by atoms with van der Waals surface area (Å²) in [7, 11) is -3.75. The SMILES string of the molecule is CCCNCc1cn[nH]c1S(=O)(=O)Nc1cccnn1. The number of anilines is 1. The fourth-order valence-corrected chi connectivity index (χ4v) is 2.73. The minimum atomic E-state index is -3.75. The minimum absolute atomic E-state index is 0.0340. The summed E-state index contributed by atoms with van der Waals surface area (Å²) in [6.07, 6.45) is 3.93. The molecule has 0 spiro atoms. The van der Waals surface area contributed by atoms with Crippen LogP contribution in [0.3, 0.4) is 0 Å². The number of hydrogen-bond donors (Lipinski definition) is 3. The van der Waals surface area contributed by atoms with Crippen LogP contribution in [0, 0.1) is 0 Å². The van der Waals surface area contributed by atoms with E-state index >= 15 is 0 Å². The first-order chi connectivity index (χ1) is 9.63. The van der Waals surface area contributed by atoms with E-state index in [0.717, 1.165) is 13.0 Å². The van der Waals surface area contributed by atoms with E-state index in [4.69, 9.17) is 0 Å². The maximum atomic E-state index is 12.2. The number of aromatic nitrogens is 4. The Balaban J connectivity index is 2.15. The second kappa shape index (κ2) is 6.44. The summed E-state index contributed by atoms with van der Waals surface area (Å²) in [6, 6.07) is 3.12. The Kier molecular flexibility index (Phi) is 4.64. The van der Waals surface area contributed by atoms with E-state index in [9.17, 15) is 8.42 Å². The molecule has 0 saturated heterocycles. The third-order valence-electron chi connectivity index (χ3n) is 2.50. The average Bonchev–Trinajstić information content (AvgIpc) is 2.89. The standard InChI is InChI=1S/C11H16N6O2S/c1-2-5-12-7-9-8-14-16-11(9)20(18,19)17-10-4-3-6-13-15-10/h3-4,6,8,12H,2,5,7H2,1H3,(H,14,16)(H,15,17). The number of rotatable bonds is 7. The highest BCUT2D eigenvalue weighted by molar-refractivity contribution is 7.92. The molecule has 3 N–H and O–H groups in total. The highest BCUT2D eigenvalue weighted by atomic mass is 32.2. The van der Waals surface area contributed by atoms with Crippen LogP contribution in [0.2, 0.25) is 0 Å². The maximum Gasteiger partial charge on any atom is 0.280 e. The van der Waals surface area contributed by atoms with E-state index in [1.807, 2.05) is 6.92 Å². The van der Waals surface area contributed by atoms with Crippen LogP contribution < -0.4 is 10.0 Å².